The van der Waals surface area contributed by atoms with Gasteiger partial charge in [0.2, 0.25) is 0 Å². The molecule has 1 unspecified atom stereocenters. The second-order valence-electron chi connectivity index (χ2n) is 5.40. The molecule has 0 bridgehead atoms. The van der Waals surface area contributed by atoms with E-state index in [0.29, 0.717) is 12.1 Å². The minimum Gasteiger partial charge on any atom is -0.345 e. The summed E-state index contributed by atoms with van der Waals surface area (Å²) in [5.41, 5.74) is 6.84. The van der Waals surface area contributed by atoms with Crippen LogP contribution in [-0.2, 0) is 0 Å². The van der Waals surface area contributed by atoms with E-state index in [1.54, 1.807) is 18.3 Å². The summed E-state index contributed by atoms with van der Waals surface area (Å²) in [6, 6.07) is 5.47. The fraction of sp³-hybridized carbons (Fsp3) is 0.429. The van der Waals surface area contributed by atoms with Crippen molar-refractivity contribution in [2.24, 2.45) is 11.7 Å². The molecule has 0 fully saturated rings. The Bertz CT molecular complexity index is 590. The molecule has 1 aromatic heterocycles. The van der Waals surface area contributed by atoms with E-state index >= 15 is 0 Å². The van der Waals surface area contributed by atoms with E-state index in [2.05, 4.69) is 15.5 Å². The van der Waals surface area contributed by atoms with Gasteiger partial charge < -0.3 is 11.1 Å². The van der Waals surface area contributed by atoms with Crippen LogP contribution >= 0.6 is 0 Å². The SMILES string of the molecule is CC(C)C(C)(CN)NC(=O)c1ccc2cn[nH]c2c1. The quantitative estimate of drug-likeness (QED) is 0.781. The Morgan fingerprint density at radius 3 is 2.89 bits per heavy atom. The van der Waals surface area contributed by atoms with Gasteiger partial charge in [-0.1, -0.05) is 19.9 Å². The van der Waals surface area contributed by atoms with Gasteiger partial charge in [0.25, 0.3) is 5.91 Å². The minimum atomic E-state index is -0.403. The number of carbonyl (C=O) groups excluding carboxylic acids is 1. The first kappa shape index (κ1) is 13.5. The predicted octanol–water partition coefficient (Wildman–Crippen LogP) is 1.67. The van der Waals surface area contributed by atoms with Gasteiger partial charge in [0.05, 0.1) is 17.3 Å². The van der Waals surface area contributed by atoms with Gasteiger partial charge in [-0.05, 0) is 25.0 Å². The van der Waals surface area contributed by atoms with Crippen LogP contribution in [0.15, 0.2) is 24.4 Å². The van der Waals surface area contributed by atoms with Crippen molar-refractivity contribution >= 4 is 16.8 Å². The Balaban J connectivity index is 2.23. The summed E-state index contributed by atoms with van der Waals surface area (Å²) in [7, 11) is 0. The summed E-state index contributed by atoms with van der Waals surface area (Å²) in [5, 5.41) is 10.8. The molecule has 2 aromatic rings. The van der Waals surface area contributed by atoms with Crippen LogP contribution in [-0.4, -0.2) is 28.2 Å². The number of rotatable bonds is 4. The number of carbonyl (C=O) groups is 1. The number of amides is 1. The van der Waals surface area contributed by atoms with E-state index in [-0.39, 0.29) is 11.8 Å². The Morgan fingerprint density at radius 1 is 1.53 bits per heavy atom. The Labute approximate surface area is 112 Å². The molecular weight excluding hydrogens is 240 g/mol. The van der Waals surface area contributed by atoms with Gasteiger partial charge in [-0.25, -0.2) is 0 Å². The fourth-order valence-corrected chi connectivity index (χ4v) is 1.84. The molecule has 1 aromatic carbocycles. The van der Waals surface area contributed by atoms with Gasteiger partial charge in [0.1, 0.15) is 0 Å². The second-order valence-corrected chi connectivity index (χ2v) is 5.40. The van der Waals surface area contributed by atoms with Crippen LogP contribution in [0.2, 0.25) is 0 Å². The van der Waals surface area contributed by atoms with Crippen LogP contribution in [0, 0.1) is 5.92 Å². The highest BCUT2D eigenvalue weighted by atomic mass is 16.1. The first-order valence-corrected chi connectivity index (χ1v) is 6.42. The number of nitrogens with one attached hydrogen (secondary N) is 2. The lowest BCUT2D eigenvalue weighted by Gasteiger charge is -2.33. The van der Waals surface area contributed by atoms with Crippen LogP contribution in [0.4, 0.5) is 0 Å². The van der Waals surface area contributed by atoms with Crippen LogP contribution < -0.4 is 11.1 Å². The summed E-state index contributed by atoms with van der Waals surface area (Å²) >= 11 is 0. The maximum absolute atomic E-state index is 12.3. The number of benzene rings is 1. The maximum atomic E-state index is 12.3. The molecule has 2 rings (SSSR count). The van der Waals surface area contributed by atoms with Crippen LogP contribution in [0.3, 0.4) is 0 Å². The topological polar surface area (TPSA) is 83.8 Å². The highest BCUT2D eigenvalue weighted by Gasteiger charge is 2.28. The number of hydrogen-bond acceptors (Lipinski definition) is 3. The molecule has 1 heterocycles. The monoisotopic (exact) mass is 260 g/mol. The smallest absolute Gasteiger partial charge is 0.251 e. The van der Waals surface area contributed by atoms with Crippen molar-refractivity contribution in [3.8, 4) is 0 Å². The van der Waals surface area contributed by atoms with Crippen molar-refractivity contribution in [2.75, 3.05) is 6.54 Å². The molecule has 5 heteroatoms. The molecule has 102 valence electrons. The molecule has 19 heavy (non-hydrogen) atoms. The third-order valence-electron chi connectivity index (χ3n) is 3.80. The van der Waals surface area contributed by atoms with Gasteiger partial charge in [-0.2, -0.15) is 5.10 Å². The number of fused-ring (bicyclic) bond motifs is 1. The van der Waals surface area contributed by atoms with E-state index < -0.39 is 5.54 Å². The lowest BCUT2D eigenvalue weighted by Crippen LogP contribution is -2.55. The molecule has 0 saturated carbocycles. The number of aromatic nitrogens is 2. The highest BCUT2D eigenvalue weighted by molar-refractivity contribution is 5.98. The molecular formula is C14H20N4O. The van der Waals surface area contributed by atoms with Crippen molar-refractivity contribution in [3.05, 3.63) is 30.0 Å². The maximum Gasteiger partial charge on any atom is 0.251 e. The molecule has 0 spiro atoms. The van der Waals surface area contributed by atoms with Crippen molar-refractivity contribution in [3.63, 3.8) is 0 Å². The third-order valence-corrected chi connectivity index (χ3v) is 3.80. The van der Waals surface area contributed by atoms with E-state index in [0.717, 1.165) is 10.9 Å². The minimum absolute atomic E-state index is 0.113. The van der Waals surface area contributed by atoms with Crippen LogP contribution in [0.25, 0.3) is 10.9 Å². The van der Waals surface area contributed by atoms with E-state index in [9.17, 15) is 4.79 Å². The Kier molecular flexibility index (Phi) is 3.57. The molecule has 5 nitrogen and oxygen atoms in total. The zero-order valence-corrected chi connectivity index (χ0v) is 11.5. The lowest BCUT2D eigenvalue weighted by molar-refractivity contribution is 0.0883. The molecule has 0 radical (unpaired) electrons. The Morgan fingerprint density at radius 2 is 2.26 bits per heavy atom. The van der Waals surface area contributed by atoms with Gasteiger partial charge in [-0.3, -0.25) is 9.89 Å². The molecule has 1 amide bonds. The first-order valence-electron chi connectivity index (χ1n) is 6.42. The number of nitrogens with zero attached hydrogens (tertiary/aromatic N) is 1. The van der Waals surface area contributed by atoms with Crippen molar-refractivity contribution in [2.45, 2.75) is 26.3 Å². The van der Waals surface area contributed by atoms with Gasteiger partial charge in [-0.15, -0.1) is 0 Å². The molecule has 4 N–H and O–H groups in total. The van der Waals surface area contributed by atoms with Crippen molar-refractivity contribution in [1.82, 2.24) is 15.5 Å². The largest absolute Gasteiger partial charge is 0.345 e. The summed E-state index contributed by atoms with van der Waals surface area (Å²) in [5.74, 6) is 0.149. The highest BCUT2D eigenvalue weighted by Crippen LogP contribution is 2.17. The zero-order chi connectivity index (χ0) is 14.0. The first-order chi connectivity index (χ1) is 8.96. The second kappa shape index (κ2) is 5.01. The lowest BCUT2D eigenvalue weighted by atomic mass is 9.88. The van der Waals surface area contributed by atoms with E-state index in [1.165, 1.54) is 0 Å². The van der Waals surface area contributed by atoms with Crippen molar-refractivity contribution < 1.29 is 4.79 Å². The van der Waals surface area contributed by atoms with E-state index in [4.69, 9.17) is 5.73 Å². The predicted molar refractivity (Wildman–Crippen MR) is 75.9 cm³/mol. The van der Waals surface area contributed by atoms with Gasteiger partial charge >= 0.3 is 0 Å². The van der Waals surface area contributed by atoms with Crippen LogP contribution in [0.5, 0.6) is 0 Å². The zero-order valence-electron chi connectivity index (χ0n) is 11.5. The summed E-state index contributed by atoms with van der Waals surface area (Å²) in [4.78, 5) is 12.3. The van der Waals surface area contributed by atoms with Gasteiger partial charge in [0.15, 0.2) is 0 Å². The number of nitrogens with two attached hydrogens (primary N) is 1. The summed E-state index contributed by atoms with van der Waals surface area (Å²) in [6.07, 6.45) is 1.73. The van der Waals surface area contributed by atoms with E-state index in [1.807, 2.05) is 26.8 Å². The summed E-state index contributed by atoms with van der Waals surface area (Å²) < 4.78 is 0. The number of hydrogen-bond donors (Lipinski definition) is 3. The summed E-state index contributed by atoms with van der Waals surface area (Å²) in [6.45, 7) is 6.46. The Hall–Kier alpha value is -1.88. The normalized spacial score (nSPS) is 14.6. The van der Waals surface area contributed by atoms with Crippen molar-refractivity contribution in [1.29, 1.82) is 0 Å². The average molecular weight is 260 g/mol. The molecule has 0 aliphatic carbocycles. The van der Waals surface area contributed by atoms with Crippen LogP contribution in [0.1, 0.15) is 31.1 Å². The number of aromatic amines is 1. The average Bonchev–Trinajstić information content (AvgIpc) is 2.85. The molecule has 0 aliphatic rings. The standard InChI is InChI=1S/C14H20N4O/c1-9(2)14(3,8-15)17-13(19)10-4-5-11-7-16-18-12(11)6-10/h4-7,9H,8,15H2,1-3H3,(H,16,18)(H,17,19). The fourth-order valence-electron chi connectivity index (χ4n) is 1.84. The third kappa shape index (κ3) is 2.61. The molecule has 0 aliphatic heterocycles. The molecule has 1 atom stereocenters. The van der Waals surface area contributed by atoms with Gasteiger partial charge in [0, 0.05) is 17.5 Å². The number of H-pyrrole nitrogens is 1. The molecule has 0 saturated heterocycles.